The molecule has 0 atom stereocenters. The molecule has 138 valence electrons. The number of nitrogens with one attached hydrogen (secondary N) is 1. The molecule has 7 heteroatoms. The minimum atomic E-state index is -0.433. The van der Waals surface area contributed by atoms with E-state index in [2.05, 4.69) is 5.32 Å². The summed E-state index contributed by atoms with van der Waals surface area (Å²) in [5.74, 6) is 0.837. The number of nitrogens with two attached hydrogens (primary N) is 3. The maximum Gasteiger partial charge on any atom is 0.269 e. The smallest absolute Gasteiger partial charge is 0.269 e. The molecule has 0 aliphatic heterocycles. The summed E-state index contributed by atoms with van der Waals surface area (Å²) in [6.07, 6.45) is 0. The number of methoxy groups -OCH3 is 2. The SMILES string of the molecule is CCNC(=O)/C(N)=C(\N)c1cccc(-c2ccc(OC)cc2OC)c1N. The second-order valence-corrected chi connectivity index (χ2v) is 5.52. The summed E-state index contributed by atoms with van der Waals surface area (Å²) in [6, 6.07) is 10.8. The van der Waals surface area contributed by atoms with E-state index in [4.69, 9.17) is 26.7 Å². The number of likely N-dealkylation sites (N-methyl/N-ethyl adjacent to an activating group) is 1. The van der Waals surface area contributed by atoms with Crippen molar-refractivity contribution in [1.29, 1.82) is 0 Å². The van der Waals surface area contributed by atoms with Gasteiger partial charge in [-0.25, -0.2) is 0 Å². The molecule has 26 heavy (non-hydrogen) atoms. The Hall–Kier alpha value is -3.35. The zero-order valence-electron chi connectivity index (χ0n) is 15.1. The molecule has 0 aromatic heterocycles. The lowest BCUT2D eigenvalue weighted by Gasteiger charge is -2.16. The third-order valence-electron chi connectivity index (χ3n) is 3.97. The lowest BCUT2D eigenvalue weighted by Crippen LogP contribution is -2.30. The highest BCUT2D eigenvalue weighted by molar-refractivity contribution is 6.01. The third kappa shape index (κ3) is 3.66. The van der Waals surface area contributed by atoms with E-state index in [0.717, 1.165) is 5.56 Å². The van der Waals surface area contributed by atoms with E-state index in [9.17, 15) is 4.79 Å². The predicted molar refractivity (Wildman–Crippen MR) is 103 cm³/mol. The first-order chi connectivity index (χ1) is 12.4. The van der Waals surface area contributed by atoms with E-state index in [1.165, 1.54) is 0 Å². The van der Waals surface area contributed by atoms with Crippen molar-refractivity contribution in [3.8, 4) is 22.6 Å². The minimum absolute atomic E-state index is 0.0719. The van der Waals surface area contributed by atoms with E-state index < -0.39 is 5.91 Å². The Kier molecular flexibility index (Phi) is 5.95. The zero-order chi connectivity index (χ0) is 19.3. The van der Waals surface area contributed by atoms with Gasteiger partial charge in [-0.1, -0.05) is 18.2 Å². The fourth-order valence-electron chi connectivity index (χ4n) is 2.58. The van der Waals surface area contributed by atoms with Crippen LogP contribution in [0.2, 0.25) is 0 Å². The molecule has 7 N–H and O–H groups in total. The van der Waals surface area contributed by atoms with Crippen LogP contribution in [0.5, 0.6) is 11.5 Å². The minimum Gasteiger partial charge on any atom is -0.497 e. The van der Waals surface area contributed by atoms with Crippen molar-refractivity contribution in [2.45, 2.75) is 6.92 Å². The van der Waals surface area contributed by atoms with Gasteiger partial charge in [0.2, 0.25) is 0 Å². The Bertz CT molecular complexity index is 847. The lowest BCUT2D eigenvalue weighted by atomic mass is 9.97. The summed E-state index contributed by atoms with van der Waals surface area (Å²) in [5, 5.41) is 2.62. The highest BCUT2D eigenvalue weighted by atomic mass is 16.5. The Morgan fingerprint density at radius 1 is 1.08 bits per heavy atom. The van der Waals surface area contributed by atoms with Crippen LogP contribution in [0, 0.1) is 0 Å². The number of amides is 1. The largest absolute Gasteiger partial charge is 0.497 e. The van der Waals surface area contributed by atoms with Crippen LogP contribution in [0.4, 0.5) is 5.69 Å². The first-order valence-corrected chi connectivity index (χ1v) is 8.09. The molecule has 2 aromatic rings. The van der Waals surface area contributed by atoms with Gasteiger partial charge in [-0.2, -0.15) is 0 Å². The second-order valence-electron chi connectivity index (χ2n) is 5.52. The number of anilines is 1. The maximum atomic E-state index is 11.9. The quantitative estimate of drug-likeness (QED) is 0.461. The topological polar surface area (TPSA) is 126 Å². The first kappa shape index (κ1) is 19.0. The average Bonchev–Trinajstić information content (AvgIpc) is 2.66. The molecular weight excluding hydrogens is 332 g/mol. The summed E-state index contributed by atoms with van der Waals surface area (Å²) >= 11 is 0. The highest BCUT2D eigenvalue weighted by Gasteiger charge is 2.17. The van der Waals surface area contributed by atoms with E-state index in [1.54, 1.807) is 39.3 Å². The normalized spacial score (nSPS) is 11.5. The molecule has 7 nitrogen and oxygen atoms in total. The van der Waals surface area contributed by atoms with Crippen LogP contribution in [-0.4, -0.2) is 26.7 Å². The van der Waals surface area contributed by atoms with Crippen molar-refractivity contribution >= 4 is 17.3 Å². The monoisotopic (exact) mass is 356 g/mol. The summed E-state index contributed by atoms with van der Waals surface area (Å²) in [6.45, 7) is 2.25. The molecule has 0 saturated carbocycles. The summed E-state index contributed by atoms with van der Waals surface area (Å²) in [7, 11) is 3.15. The van der Waals surface area contributed by atoms with Crippen LogP contribution in [-0.2, 0) is 4.79 Å². The van der Waals surface area contributed by atoms with Gasteiger partial charge in [-0.05, 0) is 19.1 Å². The average molecular weight is 356 g/mol. The number of carbonyl (C=O) groups excluding carboxylic acids is 1. The van der Waals surface area contributed by atoms with Crippen molar-refractivity contribution < 1.29 is 14.3 Å². The predicted octanol–water partition coefficient (Wildman–Crippen LogP) is 1.68. The van der Waals surface area contributed by atoms with E-state index in [1.807, 2.05) is 18.2 Å². The number of hydrogen-bond donors (Lipinski definition) is 4. The molecule has 0 unspecified atom stereocenters. The Balaban J connectivity index is 2.58. The van der Waals surface area contributed by atoms with Crippen LogP contribution in [0.15, 0.2) is 42.1 Å². The first-order valence-electron chi connectivity index (χ1n) is 8.09. The molecule has 0 saturated heterocycles. The van der Waals surface area contributed by atoms with Crippen molar-refractivity contribution in [3.63, 3.8) is 0 Å². The van der Waals surface area contributed by atoms with Crippen LogP contribution < -0.4 is 32.0 Å². The van der Waals surface area contributed by atoms with Gasteiger partial charge < -0.3 is 32.0 Å². The summed E-state index contributed by atoms with van der Waals surface area (Å²) < 4.78 is 10.7. The van der Waals surface area contributed by atoms with Gasteiger partial charge in [0.25, 0.3) is 5.91 Å². The van der Waals surface area contributed by atoms with Crippen molar-refractivity contribution in [2.24, 2.45) is 11.5 Å². The molecule has 2 aromatic carbocycles. The maximum absolute atomic E-state index is 11.9. The van der Waals surface area contributed by atoms with Crippen LogP contribution in [0.1, 0.15) is 12.5 Å². The molecule has 1 amide bonds. The Morgan fingerprint density at radius 3 is 2.42 bits per heavy atom. The van der Waals surface area contributed by atoms with Gasteiger partial charge in [0.15, 0.2) is 0 Å². The Labute approximate surface area is 152 Å². The number of hydrogen-bond acceptors (Lipinski definition) is 6. The molecule has 0 heterocycles. The second kappa shape index (κ2) is 8.15. The van der Waals surface area contributed by atoms with Gasteiger partial charge >= 0.3 is 0 Å². The van der Waals surface area contributed by atoms with Gasteiger partial charge in [0.05, 0.1) is 19.9 Å². The fourth-order valence-corrected chi connectivity index (χ4v) is 2.58. The van der Waals surface area contributed by atoms with Crippen LogP contribution in [0.25, 0.3) is 16.8 Å². The van der Waals surface area contributed by atoms with Crippen LogP contribution in [0.3, 0.4) is 0 Å². The molecule has 0 radical (unpaired) electrons. The van der Waals surface area contributed by atoms with Crippen molar-refractivity contribution in [1.82, 2.24) is 5.32 Å². The van der Waals surface area contributed by atoms with Crippen molar-refractivity contribution in [2.75, 3.05) is 26.5 Å². The van der Waals surface area contributed by atoms with E-state index in [-0.39, 0.29) is 11.4 Å². The number of para-hydroxylation sites is 1. The van der Waals surface area contributed by atoms with Gasteiger partial charge in [-0.3, -0.25) is 4.79 Å². The molecule has 0 bridgehead atoms. The van der Waals surface area contributed by atoms with E-state index >= 15 is 0 Å². The lowest BCUT2D eigenvalue weighted by molar-refractivity contribution is -0.117. The van der Waals surface area contributed by atoms with Gasteiger partial charge in [-0.15, -0.1) is 0 Å². The third-order valence-corrected chi connectivity index (χ3v) is 3.97. The molecule has 2 rings (SSSR count). The molecule has 0 aliphatic rings. The number of rotatable bonds is 6. The zero-order valence-corrected chi connectivity index (χ0v) is 15.1. The van der Waals surface area contributed by atoms with Gasteiger partial charge in [0, 0.05) is 35.0 Å². The number of nitrogen functional groups attached to an aromatic ring is 1. The Morgan fingerprint density at radius 2 is 1.81 bits per heavy atom. The molecule has 0 fully saturated rings. The van der Waals surface area contributed by atoms with E-state index in [0.29, 0.717) is 34.9 Å². The number of carbonyl (C=O) groups is 1. The van der Waals surface area contributed by atoms with Gasteiger partial charge in [0.1, 0.15) is 17.2 Å². The number of ether oxygens (including phenoxy) is 2. The van der Waals surface area contributed by atoms with Crippen molar-refractivity contribution in [3.05, 3.63) is 47.7 Å². The molecule has 0 spiro atoms. The van der Waals surface area contributed by atoms with Crippen LogP contribution >= 0.6 is 0 Å². The fraction of sp³-hybridized carbons (Fsp3) is 0.211. The standard InChI is InChI=1S/C19H24N4O3/c1-4-23-19(24)18(22)17(21)14-7-5-6-13(16(14)20)12-9-8-11(25-2)10-15(12)26-3/h5-10H,4,20-22H2,1-3H3,(H,23,24)/b18-17+. The highest BCUT2D eigenvalue weighted by Crippen LogP contribution is 2.38. The molecule has 0 aliphatic carbocycles. The summed E-state index contributed by atoms with van der Waals surface area (Å²) in [5.41, 5.74) is 20.7. The summed E-state index contributed by atoms with van der Waals surface area (Å²) in [4.78, 5) is 11.9. The molecular formula is C19H24N4O3. The number of benzene rings is 2.